The third-order valence-electron chi connectivity index (χ3n) is 2.11. The molecule has 0 radical (unpaired) electrons. The summed E-state index contributed by atoms with van der Waals surface area (Å²) in [6.07, 6.45) is -2.59. The van der Waals surface area contributed by atoms with Gasteiger partial charge in [0.15, 0.2) is 23.0 Å². The maximum atomic E-state index is 12.3. The molecule has 1 aromatic rings. The van der Waals surface area contributed by atoms with Crippen molar-refractivity contribution in [2.45, 2.75) is 26.1 Å². The number of carboxylic acid groups (broad SMARTS) is 1. The summed E-state index contributed by atoms with van der Waals surface area (Å²) in [5, 5.41) is 11.3. The minimum atomic E-state index is -2.59. The van der Waals surface area contributed by atoms with E-state index in [2.05, 4.69) is 26.7 Å². The minimum absolute atomic E-state index is 0.00433. The third-order valence-corrected chi connectivity index (χ3v) is 2.98. The van der Waals surface area contributed by atoms with Crippen molar-refractivity contribution in [1.82, 2.24) is 9.97 Å². The number of nitrogen functional groups attached to an aromatic ring is 1. The molecule has 0 aliphatic carbocycles. The third kappa shape index (κ3) is 5.35. The van der Waals surface area contributed by atoms with Gasteiger partial charge in [-0.2, -0.15) is 0 Å². The van der Waals surface area contributed by atoms with E-state index in [0.29, 0.717) is 0 Å². The smallest absolute Gasteiger partial charge is 0.358 e. The zero-order valence-corrected chi connectivity index (χ0v) is 12.9. The molecule has 0 aromatic carbocycles. The molecule has 0 unspecified atom stereocenters. The van der Waals surface area contributed by atoms with Gasteiger partial charge in [0.2, 0.25) is 0 Å². The van der Waals surface area contributed by atoms with Gasteiger partial charge < -0.3 is 16.2 Å². The molecule has 4 N–H and O–H groups in total. The molecule has 0 aliphatic heterocycles. The lowest BCUT2D eigenvalue weighted by atomic mass is 10.3. The molecule has 21 heavy (non-hydrogen) atoms. The van der Waals surface area contributed by atoms with Crippen LogP contribution >= 0.6 is 0 Å². The predicted molar refractivity (Wildman–Crippen MR) is 78.1 cm³/mol. The molecule has 0 amide bonds. The van der Waals surface area contributed by atoms with Crippen molar-refractivity contribution in [2.75, 3.05) is 17.6 Å². The number of aromatic carboxylic acids is 1. The van der Waals surface area contributed by atoms with Crippen molar-refractivity contribution < 1.29 is 18.7 Å². The predicted octanol–water partition coefficient (Wildman–Crippen LogP) is 1.66. The quantitative estimate of drug-likeness (QED) is 0.577. The second-order valence-electron chi connectivity index (χ2n) is 5.23. The fourth-order valence-corrected chi connectivity index (χ4v) is 1.73. The summed E-state index contributed by atoms with van der Waals surface area (Å²) in [5.41, 5.74) is 7.99. The van der Waals surface area contributed by atoms with Gasteiger partial charge in [0.1, 0.15) is 8.07 Å². The Kier molecular flexibility index (Phi) is 5.21. The fourth-order valence-electron chi connectivity index (χ4n) is 1.24. The van der Waals surface area contributed by atoms with Gasteiger partial charge in [-0.15, -0.1) is 5.54 Å². The van der Waals surface area contributed by atoms with Crippen molar-refractivity contribution in [2.24, 2.45) is 0 Å². The van der Waals surface area contributed by atoms with E-state index in [1.54, 1.807) is 0 Å². The average molecular weight is 314 g/mol. The second-order valence-corrected chi connectivity index (χ2v) is 9.98. The van der Waals surface area contributed by atoms with Crippen LogP contribution in [-0.4, -0.2) is 42.1 Å². The lowest BCUT2D eigenvalue weighted by molar-refractivity contribution is 0.0691. The molecule has 0 saturated heterocycles. The summed E-state index contributed by atoms with van der Waals surface area (Å²) >= 11 is 0. The largest absolute Gasteiger partial charge is 0.476 e. The number of alkyl halides is 2. The standard InChI is InChI=1S/C12H16F2N4O2Si/c1-21(2,3)5-4-7-11(16-6-8(13)14)18-10(15)9(17-7)12(19)20/h8H,6H2,1-3H3,(H,19,20)(H3,15,16,18). The number of halogens is 2. The summed E-state index contributed by atoms with van der Waals surface area (Å²) in [6, 6.07) is 0. The zero-order valence-electron chi connectivity index (χ0n) is 11.9. The Labute approximate surface area is 121 Å². The van der Waals surface area contributed by atoms with Crippen LogP contribution in [0, 0.1) is 11.5 Å². The minimum Gasteiger partial charge on any atom is -0.476 e. The van der Waals surface area contributed by atoms with Crippen LogP contribution in [0.5, 0.6) is 0 Å². The van der Waals surface area contributed by atoms with Gasteiger partial charge in [-0.1, -0.05) is 25.6 Å². The molecule has 114 valence electrons. The lowest BCUT2D eigenvalue weighted by Crippen LogP contribution is -2.18. The normalized spacial score (nSPS) is 11.0. The van der Waals surface area contributed by atoms with E-state index in [-0.39, 0.29) is 17.3 Å². The summed E-state index contributed by atoms with van der Waals surface area (Å²) < 4.78 is 24.5. The first kappa shape index (κ1) is 16.8. The van der Waals surface area contributed by atoms with Crippen LogP contribution in [0.2, 0.25) is 19.6 Å². The molecule has 0 aliphatic rings. The number of nitrogens with two attached hydrogens (primary N) is 1. The summed E-state index contributed by atoms with van der Waals surface area (Å²) in [6.45, 7) is 5.29. The van der Waals surface area contributed by atoms with Crippen LogP contribution < -0.4 is 11.1 Å². The number of rotatable bonds is 4. The Morgan fingerprint density at radius 3 is 2.52 bits per heavy atom. The maximum absolute atomic E-state index is 12.3. The van der Waals surface area contributed by atoms with Gasteiger partial charge in [-0.05, 0) is 0 Å². The summed E-state index contributed by atoms with van der Waals surface area (Å²) in [5.74, 6) is 0.973. The monoisotopic (exact) mass is 314 g/mol. The van der Waals surface area contributed by atoms with Gasteiger partial charge in [0, 0.05) is 0 Å². The number of aromatic nitrogens is 2. The molecule has 0 saturated carbocycles. The molecule has 6 nitrogen and oxygen atoms in total. The molecule has 9 heteroatoms. The first-order valence-corrected chi connectivity index (χ1v) is 9.56. The van der Waals surface area contributed by atoms with Crippen molar-refractivity contribution in [3.05, 3.63) is 11.4 Å². The molecular weight excluding hydrogens is 298 g/mol. The van der Waals surface area contributed by atoms with E-state index in [4.69, 9.17) is 10.8 Å². The lowest BCUT2D eigenvalue weighted by Gasteiger charge is -2.10. The molecule has 0 spiro atoms. The first-order valence-electron chi connectivity index (χ1n) is 6.06. The average Bonchev–Trinajstić information content (AvgIpc) is 2.33. The molecule has 1 heterocycles. The second kappa shape index (κ2) is 6.49. The van der Waals surface area contributed by atoms with Crippen molar-refractivity contribution >= 4 is 25.7 Å². The van der Waals surface area contributed by atoms with Crippen LogP contribution in [0.3, 0.4) is 0 Å². The molecule has 1 aromatic heterocycles. The van der Waals surface area contributed by atoms with Crippen LogP contribution in [-0.2, 0) is 0 Å². The zero-order chi connectivity index (χ0) is 16.2. The SMILES string of the molecule is C[Si](C)(C)C#Cc1nc(C(=O)O)c(N)nc1NCC(F)F. The summed E-state index contributed by atoms with van der Waals surface area (Å²) in [4.78, 5) is 18.6. The molecule has 0 fully saturated rings. The summed E-state index contributed by atoms with van der Waals surface area (Å²) in [7, 11) is -1.75. The van der Waals surface area contributed by atoms with Crippen molar-refractivity contribution in [3.63, 3.8) is 0 Å². The van der Waals surface area contributed by atoms with Crippen molar-refractivity contribution in [1.29, 1.82) is 0 Å². The van der Waals surface area contributed by atoms with Crippen LogP contribution in [0.25, 0.3) is 0 Å². The van der Waals surface area contributed by atoms with Gasteiger partial charge in [0.25, 0.3) is 6.43 Å². The number of anilines is 2. The van der Waals surface area contributed by atoms with Crippen LogP contribution in [0.1, 0.15) is 16.2 Å². The first-order chi connectivity index (χ1) is 9.60. The Morgan fingerprint density at radius 2 is 2.05 bits per heavy atom. The van der Waals surface area contributed by atoms with E-state index in [0.717, 1.165) is 0 Å². The number of hydrogen-bond donors (Lipinski definition) is 3. The molecular formula is C12H16F2N4O2Si. The van der Waals surface area contributed by atoms with Gasteiger partial charge in [-0.25, -0.2) is 23.5 Å². The number of nitrogens with zero attached hydrogens (tertiary/aromatic N) is 2. The van der Waals surface area contributed by atoms with Gasteiger partial charge in [0.05, 0.1) is 6.54 Å². The number of carbonyl (C=O) groups is 1. The van der Waals surface area contributed by atoms with Gasteiger partial charge in [-0.3, -0.25) is 0 Å². The van der Waals surface area contributed by atoms with E-state index >= 15 is 0 Å². The highest BCUT2D eigenvalue weighted by Gasteiger charge is 2.17. The van der Waals surface area contributed by atoms with E-state index in [9.17, 15) is 13.6 Å². The highest BCUT2D eigenvalue weighted by atomic mass is 28.3. The van der Waals surface area contributed by atoms with E-state index < -0.39 is 32.7 Å². The molecule has 0 bridgehead atoms. The van der Waals surface area contributed by atoms with Crippen LogP contribution in [0.15, 0.2) is 0 Å². The highest BCUT2D eigenvalue weighted by molar-refractivity contribution is 6.83. The van der Waals surface area contributed by atoms with Crippen molar-refractivity contribution in [3.8, 4) is 11.5 Å². The Morgan fingerprint density at radius 1 is 1.43 bits per heavy atom. The van der Waals surface area contributed by atoms with E-state index in [1.165, 1.54) is 0 Å². The Balaban J connectivity index is 3.29. The Bertz CT molecular complexity index is 606. The van der Waals surface area contributed by atoms with E-state index in [1.807, 2.05) is 19.6 Å². The Hall–Kier alpha value is -2.21. The molecule has 0 atom stereocenters. The molecule has 1 rings (SSSR count). The fraction of sp³-hybridized carbons (Fsp3) is 0.417. The topological polar surface area (TPSA) is 101 Å². The van der Waals surface area contributed by atoms with Gasteiger partial charge >= 0.3 is 5.97 Å². The maximum Gasteiger partial charge on any atom is 0.358 e. The number of nitrogens with one attached hydrogen (secondary N) is 1. The van der Waals surface area contributed by atoms with Crippen LogP contribution in [0.4, 0.5) is 20.4 Å². The number of carboxylic acids is 1. The highest BCUT2D eigenvalue weighted by Crippen LogP contribution is 2.16. The number of hydrogen-bond acceptors (Lipinski definition) is 5.